The molecule has 4 fully saturated rings. The molecule has 0 aromatic heterocycles. The fourth-order valence-electron chi connectivity index (χ4n) is 4.30. The van der Waals surface area contributed by atoms with Crippen molar-refractivity contribution in [2.75, 3.05) is 39.6 Å². The zero-order valence-corrected chi connectivity index (χ0v) is 16.5. The number of fused-ring (bicyclic) bond motifs is 2. The third-order valence-corrected chi connectivity index (χ3v) is 6.10. The summed E-state index contributed by atoms with van der Waals surface area (Å²) in [4.78, 5) is 33.6. The summed E-state index contributed by atoms with van der Waals surface area (Å²) in [6, 6.07) is -1.63. The molecule has 4 atom stereocenters. The molecule has 4 aliphatic heterocycles. The van der Waals surface area contributed by atoms with Crippen LogP contribution in [0.25, 0.3) is 0 Å². The van der Waals surface area contributed by atoms with Gasteiger partial charge in [0.05, 0.1) is 26.0 Å². The molecule has 4 heterocycles. The number of carbonyl (C=O) groups is 2. The van der Waals surface area contributed by atoms with Gasteiger partial charge in [0.2, 0.25) is 0 Å². The largest absolute Gasteiger partial charge is 0.418 e. The molecule has 164 valence electrons. The van der Waals surface area contributed by atoms with E-state index in [1.165, 1.54) is 4.90 Å². The monoisotopic (exact) mass is 435 g/mol. The normalized spacial score (nSPS) is 32.9. The summed E-state index contributed by atoms with van der Waals surface area (Å²) in [5, 5.41) is 3.96. The van der Waals surface area contributed by atoms with Crippen molar-refractivity contribution >= 4 is 22.3 Å². The van der Waals surface area contributed by atoms with E-state index in [1.807, 2.05) is 0 Å². The first kappa shape index (κ1) is 20.7. The molecule has 3 amide bonds. The van der Waals surface area contributed by atoms with Crippen molar-refractivity contribution in [1.82, 2.24) is 25.7 Å². The quantitative estimate of drug-likeness (QED) is 0.304. The standard InChI is InChI=1S/C15H25N5O8S/c21-14(17-27-8-10-5-12(6-16-10)18-3-4-26-9-18)13-2-1-11-7-19(13)15(22)20(11)28-29(23,24)25/h10-13,16H,1-9H2,(H,17,21)(H,23,24,25)/t10-,11?,12-,13?/m1/s1. The second kappa shape index (κ2) is 8.29. The molecule has 0 aromatic rings. The minimum atomic E-state index is -4.82. The van der Waals surface area contributed by atoms with E-state index in [0.717, 1.165) is 26.1 Å². The van der Waals surface area contributed by atoms with Gasteiger partial charge in [-0.15, -0.1) is 4.28 Å². The summed E-state index contributed by atoms with van der Waals surface area (Å²) < 4.78 is 40.4. The number of piperidine rings is 1. The molecule has 14 heteroatoms. The highest BCUT2D eigenvalue weighted by Crippen LogP contribution is 2.30. The van der Waals surface area contributed by atoms with Crippen molar-refractivity contribution in [3.63, 3.8) is 0 Å². The average Bonchev–Trinajstić information content (AvgIpc) is 3.39. The van der Waals surface area contributed by atoms with E-state index >= 15 is 0 Å². The fourth-order valence-corrected chi connectivity index (χ4v) is 4.69. The Kier molecular flexibility index (Phi) is 5.92. The lowest BCUT2D eigenvalue weighted by Crippen LogP contribution is -2.50. The van der Waals surface area contributed by atoms with E-state index in [2.05, 4.69) is 20.0 Å². The highest BCUT2D eigenvalue weighted by Gasteiger charge is 2.49. The molecule has 3 N–H and O–H groups in total. The molecular weight excluding hydrogens is 410 g/mol. The van der Waals surface area contributed by atoms with Crippen LogP contribution in [-0.4, -0.2) is 104 Å². The first-order valence-corrected chi connectivity index (χ1v) is 10.9. The van der Waals surface area contributed by atoms with Crippen LogP contribution in [0.4, 0.5) is 4.79 Å². The first-order chi connectivity index (χ1) is 13.8. The van der Waals surface area contributed by atoms with Crippen molar-refractivity contribution in [2.24, 2.45) is 0 Å². The molecule has 4 rings (SSSR count). The number of amides is 3. The Morgan fingerprint density at radius 2 is 2.17 bits per heavy atom. The maximum absolute atomic E-state index is 12.5. The zero-order chi connectivity index (χ0) is 20.6. The highest BCUT2D eigenvalue weighted by atomic mass is 32.3. The number of nitrogens with zero attached hydrogens (tertiary/aromatic N) is 3. The molecule has 0 radical (unpaired) electrons. The molecule has 13 nitrogen and oxygen atoms in total. The van der Waals surface area contributed by atoms with Crippen LogP contribution in [0.15, 0.2) is 0 Å². The second-order valence-corrected chi connectivity index (χ2v) is 8.64. The number of nitrogens with one attached hydrogen (secondary N) is 2. The van der Waals surface area contributed by atoms with E-state index in [0.29, 0.717) is 30.7 Å². The predicted octanol–water partition coefficient (Wildman–Crippen LogP) is -1.94. The second-order valence-electron chi connectivity index (χ2n) is 7.63. The number of carbonyl (C=O) groups excluding carboxylic acids is 2. The molecule has 2 bridgehead atoms. The smallest absolute Gasteiger partial charge is 0.365 e. The average molecular weight is 435 g/mol. The first-order valence-electron chi connectivity index (χ1n) is 9.55. The van der Waals surface area contributed by atoms with Gasteiger partial charge in [0.1, 0.15) is 6.04 Å². The predicted molar refractivity (Wildman–Crippen MR) is 95.2 cm³/mol. The van der Waals surface area contributed by atoms with Crippen LogP contribution in [0.1, 0.15) is 19.3 Å². The number of hydroxylamine groups is 3. The van der Waals surface area contributed by atoms with Crippen molar-refractivity contribution in [3.8, 4) is 0 Å². The third kappa shape index (κ3) is 4.63. The summed E-state index contributed by atoms with van der Waals surface area (Å²) in [7, 11) is -4.82. The molecule has 0 saturated carbocycles. The van der Waals surface area contributed by atoms with Crippen LogP contribution in [-0.2, 0) is 29.1 Å². The molecule has 2 unspecified atom stereocenters. The lowest BCUT2D eigenvalue weighted by molar-refractivity contribution is -0.139. The van der Waals surface area contributed by atoms with Gasteiger partial charge in [-0.3, -0.25) is 19.1 Å². The maximum Gasteiger partial charge on any atom is 0.418 e. The van der Waals surface area contributed by atoms with Gasteiger partial charge < -0.3 is 15.0 Å². The van der Waals surface area contributed by atoms with Crippen molar-refractivity contribution < 1.29 is 36.4 Å². The van der Waals surface area contributed by atoms with Gasteiger partial charge in [0, 0.05) is 31.7 Å². The number of hydrogen-bond acceptors (Lipinski definition) is 9. The lowest BCUT2D eigenvalue weighted by Gasteiger charge is -2.29. The van der Waals surface area contributed by atoms with Gasteiger partial charge in [-0.1, -0.05) is 0 Å². The van der Waals surface area contributed by atoms with E-state index < -0.39 is 34.4 Å². The van der Waals surface area contributed by atoms with Gasteiger partial charge in [-0.2, -0.15) is 13.5 Å². The molecule has 0 aromatic carbocycles. The van der Waals surface area contributed by atoms with Gasteiger partial charge in [-0.05, 0) is 19.3 Å². The van der Waals surface area contributed by atoms with E-state index in [-0.39, 0.29) is 19.2 Å². The maximum atomic E-state index is 12.5. The summed E-state index contributed by atoms with van der Waals surface area (Å²) >= 11 is 0. The Hall–Kier alpha value is -1.55. The van der Waals surface area contributed by atoms with Crippen LogP contribution in [0, 0.1) is 0 Å². The van der Waals surface area contributed by atoms with Crippen molar-refractivity contribution in [1.29, 1.82) is 0 Å². The molecule has 4 aliphatic rings. The van der Waals surface area contributed by atoms with Crippen LogP contribution in [0.5, 0.6) is 0 Å². The minimum absolute atomic E-state index is 0.101. The summed E-state index contributed by atoms with van der Waals surface area (Å²) in [5.41, 5.74) is 2.39. The lowest BCUT2D eigenvalue weighted by atomic mass is 10.0. The number of rotatable bonds is 7. The molecule has 0 aliphatic carbocycles. The third-order valence-electron chi connectivity index (χ3n) is 5.75. The Balaban J connectivity index is 1.23. The molecule has 29 heavy (non-hydrogen) atoms. The Morgan fingerprint density at radius 1 is 1.34 bits per heavy atom. The summed E-state index contributed by atoms with van der Waals surface area (Å²) in [6.45, 7) is 3.57. The van der Waals surface area contributed by atoms with Crippen molar-refractivity contribution in [2.45, 2.75) is 43.4 Å². The highest BCUT2D eigenvalue weighted by molar-refractivity contribution is 7.80. The van der Waals surface area contributed by atoms with E-state index in [4.69, 9.17) is 14.1 Å². The van der Waals surface area contributed by atoms with Gasteiger partial charge in [0.15, 0.2) is 0 Å². The minimum Gasteiger partial charge on any atom is -0.365 e. The van der Waals surface area contributed by atoms with Gasteiger partial charge in [0.25, 0.3) is 5.91 Å². The Labute approximate surface area is 168 Å². The van der Waals surface area contributed by atoms with Crippen LogP contribution in [0.2, 0.25) is 0 Å². The van der Waals surface area contributed by atoms with Gasteiger partial charge in [-0.25, -0.2) is 10.3 Å². The van der Waals surface area contributed by atoms with E-state index in [1.54, 1.807) is 0 Å². The summed E-state index contributed by atoms with van der Waals surface area (Å²) in [6.07, 6.45) is 1.58. The Morgan fingerprint density at radius 3 is 2.90 bits per heavy atom. The molecular formula is C15H25N5O8S. The zero-order valence-electron chi connectivity index (χ0n) is 15.7. The van der Waals surface area contributed by atoms with Crippen LogP contribution >= 0.6 is 0 Å². The topological polar surface area (TPSA) is 150 Å². The van der Waals surface area contributed by atoms with Gasteiger partial charge >= 0.3 is 16.4 Å². The van der Waals surface area contributed by atoms with Crippen LogP contribution < -0.4 is 10.8 Å². The number of hydrogen-bond donors (Lipinski definition) is 3. The number of urea groups is 1. The molecule has 0 spiro atoms. The van der Waals surface area contributed by atoms with E-state index in [9.17, 15) is 18.0 Å². The fraction of sp³-hybridized carbons (Fsp3) is 0.867. The van der Waals surface area contributed by atoms with Crippen LogP contribution in [0.3, 0.4) is 0 Å². The Bertz CT molecular complexity index is 745. The molecule has 4 saturated heterocycles. The number of ether oxygens (including phenoxy) is 1. The SMILES string of the molecule is O=C(NOC[C@H]1C[C@@H](N2CCOC2)CN1)C1CCC2CN1C(=O)N2OS(=O)(=O)O. The summed E-state index contributed by atoms with van der Waals surface area (Å²) in [5.74, 6) is -0.479. The van der Waals surface area contributed by atoms with Crippen molar-refractivity contribution in [3.05, 3.63) is 0 Å².